The summed E-state index contributed by atoms with van der Waals surface area (Å²) in [5.74, 6) is -0.408. The zero-order chi connectivity index (χ0) is 10.1. The topological polar surface area (TPSA) is 37.3 Å². The van der Waals surface area contributed by atoms with Crippen LogP contribution in [0.1, 0.15) is 15.2 Å². The number of benzene rings is 1. The van der Waals surface area contributed by atoms with Crippen LogP contribution in [0.2, 0.25) is 0 Å². The van der Waals surface area contributed by atoms with Crippen LogP contribution in [0.25, 0.3) is 10.1 Å². The van der Waals surface area contributed by atoms with Crippen molar-refractivity contribution < 1.29 is 14.3 Å². The lowest BCUT2D eigenvalue weighted by Gasteiger charge is -1.93. The maximum Gasteiger partial charge on any atom is 0.150 e. The van der Waals surface area contributed by atoms with Gasteiger partial charge in [-0.1, -0.05) is 0 Å². The maximum atomic E-state index is 13.4. The molecule has 0 atom stereocenters. The van der Waals surface area contributed by atoms with Crippen LogP contribution >= 0.6 is 11.3 Å². The first kappa shape index (κ1) is 9.30. The molecule has 0 saturated heterocycles. The van der Waals surface area contributed by atoms with Gasteiger partial charge in [-0.2, -0.15) is 0 Å². The fourth-order valence-electron chi connectivity index (χ4n) is 1.33. The van der Waals surface area contributed by atoms with Gasteiger partial charge in [-0.15, -0.1) is 11.3 Å². The van der Waals surface area contributed by atoms with Crippen molar-refractivity contribution in [2.24, 2.45) is 0 Å². The van der Waals surface area contributed by atoms with E-state index in [2.05, 4.69) is 0 Å². The Labute approximate surface area is 83.6 Å². The predicted octanol–water partition coefficient (Wildman–Crippen LogP) is 2.35. The Hall–Kier alpha value is -1.26. The van der Waals surface area contributed by atoms with Crippen molar-refractivity contribution in [3.05, 3.63) is 34.5 Å². The lowest BCUT2D eigenvalue weighted by atomic mass is 10.2. The summed E-state index contributed by atoms with van der Waals surface area (Å²) >= 11 is 1.20. The van der Waals surface area contributed by atoms with E-state index in [-0.39, 0.29) is 6.61 Å². The number of hydrogen-bond donors (Lipinski definition) is 1. The van der Waals surface area contributed by atoms with E-state index in [1.165, 1.54) is 17.4 Å². The molecule has 0 fully saturated rings. The average molecular weight is 210 g/mol. The van der Waals surface area contributed by atoms with E-state index in [0.717, 1.165) is 0 Å². The van der Waals surface area contributed by atoms with Gasteiger partial charge in [0.25, 0.3) is 0 Å². The van der Waals surface area contributed by atoms with Crippen LogP contribution in [0.15, 0.2) is 18.2 Å². The van der Waals surface area contributed by atoms with Crippen LogP contribution in [0.4, 0.5) is 4.39 Å². The molecule has 0 saturated carbocycles. The zero-order valence-electron chi connectivity index (χ0n) is 7.16. The highest BCUT2D eigenvalue weighted by Crippen LogP contribution is 2.28. The van der Waals surface area contributed by atoms with E-state index in [1.807, 2.05) is 0 Å². The molecule has 0 amide bonds. The maximum absolute atomic E-state index is 13.4. The van der Waals surface area contributed by atoms with Gasteiger partial charge in [-0.05, 0) is 23.6 Å². The van der Waals surface area contributed by atoms with Crippen molar-refractivity contribution in [3.63, 3.8) is 0 Å². The largest absolute Gasteiger partial charge is 0.391 e. The molecular weight excluding hydrogens is 203 g/mol. The monoisotopic (exact) mass is 210 g/mol. The predicted molar refractivity (Wildman–Crippen MR) is 53.1 cm³/mol. The summed E-state index contributed by atoms with van der Waals surface area (Å²) in [6.07, 6.45) is 0.610. The Balaban J connectivity index is 2.73. The number of rotatable bonds is 2. The molecule has 1 heterocycles. The van der Waals surface area contributed by atoms with Crippen LogP contribution in [0.3, 0.4) is 0 Å². The summed E-state index contributed by atoms with van der Waals surface area (Å²) in [5.41, 5.74) is 0.317. The second-order valence-corrected chi connectivity index (χ2v) is 4.05. The van der Waals surface area contributed by atoms with Gasteiger partial charge >= 0.3 is 0 Å². The van der Waals surface area contributed by atoms with E-state index in [1.54, 1.807) is 12.1 Å². The molecule has 1 aromatic carbocycles. The molecule has 4 heteroatoms. The summed E-state index contributed by atoms with van der Waals surface area (Å²) in [7, 11) is 0. The molecule has 0 aliphatic heterocycles. The SMILES string of the molecule is O=Cc1cc(F)c2sc(CO)cc2c1. The molecule has 72 valence electrons. The normalized spacial score (nSPS) is 10.7. The van der Waals surface area contributed by atoms with Crippen LogP contribution < -0.4 is 0 Å². The Bertz CT molecular complexity index is 490. The molecule has 1 aromatic heterocycles. The van der Waals surface area contributed by atoms with Crippen molar-refractivity contribution in [2.45, 2.75) is 6.61 Å². The molecule has 0 aliphatic rings. The summed E-state index contributed by atoms with van der Waals surface area (Å²) in [6, 6.07) is 4.50. The summed E-state index contributed by atoms with van der Waals surface area (Å²) in [5, 5.41) is 9.54. The highest BCUT2D eigenvalue weighted by molar-refractivity contribution is 7.19. The van der Waals surface area contributed by atoms with Gasteiger partial charge in [0.15, 0.2) is 0 Å². The van der Waals surface area contributed by atoms with E-state index < -0.39 is 5.82 Å². The Kier molecular flexibility index (Phi) is 2.31. The number of hydrogen-bond acceptors (Lipinski definition) is 3. The number of carbonyl (C=O) groups is 1. The fourth-order valence-corrected chi connectivity index (χ4v) is 2.24. The second kappa shape index (κ2) is 3.48. The van der Waals surface area contributed by atoms with Gasteiger partial charge in [-0.25, -0.2) is 4.39 Å². The van der Waals surface area contributed by atoms with Crippen LogP contribution in [-0.4, -0.2) is 11.4 Å². The third kappa shape index (κ3) is 1.42. The first-order valence-corrected chi connectivity index (χ1v) is 4.84. The standard InChI is InChI=1S/C10H7FO2S/c11-9-2-6(4-12)1-7-3-8(5-13)14-10(7)9/h1-4,13H,5H2. The van der Waals surface area contributed by atoms with E-state index in [9.17, 15) is 9.18 Å². The lowest BCUT2D eigenvalue weighted by Crippen LogP contribution is -1.81. The summed E-state index contributed by atoms with van der Waals surface area (Å²) in [4.78, 5) is 11.2. The number of fused-ring (bicyclic) bond motifs is 1. The van der Waals surface area contributed by atoms with Crippen LogP contribution in [0.5, 0.6) is 0 Å². The number of thiophene rings is 1. The van der Waals surface area contributed by atoms with Crippen LogP contribution in [-0.2, 0) is 6.61 Å². The highest BCUT2D eigenvalue weighted by Gasteiger charge is 2.07. The van der Waals surface area contributed by atoms with Crippen molar-refractivity contribution >= 4 is 27.7 Å². The highest BCUT2D eigenvalue weighted by atomic mass is 32.1. The quantitative estimate of drug-likeness (QED) is 0.772. The van der Waals surface area contributed by atoms with Crippen molar-refractivity contribution in [3.8, 4) is 0 Å². The van der Waals surface area contributed by atoms with Gasteiger partial charge < -0.3 is 5.11 Å². The minimum atomic E-state index is -0.408. The molecule has 2 nitrogen and oxygen atoms in total. The fraction of sp³-hybridized carbons (Fsp3) is 0.100. The molecule has 1 N–H and O–H groups in total. The Morgan fingerprint density at radius 1 is 1.43 bits per heavy atom. The molecule has 0 aliphatic carbocycles. The van der Waals surface area contributed by atoms with Crippen molar-refractivity contribution in [1.82, 2.24) is 0 Å². The minimum absolute atomic E-state index is 0.102. The number of carbonyl (C=O) groups excluding carboxylic acids is 1. The van der Waals surface area contributed by atoms with Crippen molar-refractivity contribution in [1.29, 1.82) is 0 Å². The van der Waals surface area contributed by atoms with Gasteiger partial charge in [0.2, 0.25) is 0 Å². The first-order valence-electron chi connectivity index (χ1n) is 4.02. The molecular formula is C10H7FO2S. The summed E-state index contributed by atoms with van der Waals surface area (Å²) in [6.45, 7) is -0.102. The molecule has 0 spiro atoms. The molecule has 14 heavy (non-hydrogen) atoms. The third-order valence-corrected chi connectivity index (χ3v) is 3.08. The number of aldehydes is 1. The third-order valence-electron chi connectivity index (χ3n) is 1.94. The van der Waals surface area contributed by atoms with E-state index >= 15 is 0 Å². The second-order valence-electron chi connectivity index (χ2n) is 2.91. The minimum Gasteiger partial charge on any atom is -0.391 e. The summed E-state index contributed by atoms with van der Waals surface area (Å²) < 4.78 is 13.8. The van der Waals surface area contributed by atoms with E-state index in [0.29, 0.717) is 26.8 Å². The Morgan fingerprint density at radius 2 is 2.21 bits per heavy atom. The van der Waals surface area contributed by atoms with Crippen LogP contribution in [0, 0.1) is 5.82 Å². The van der Waals surface area contributed by atoms with Crippen molar-refractivity contribution in [2.75, 3.05) is 0 Å². The number of halogens is 1. The molecule has 0 radical (unpaired) electrons. The molecule has 0 bridgehead atoms. The first-order chi connectivity index (χ1) is 6.74. The average Bonchev–Trinajstić information content (AvgIpc) is 2.61. The number of aliphatic hydroxyl groups is 1. The molecule has 2 rings (SSSR count). The smallest absolute Gasteiger partial charge is 0.150 e. The molecule has 2 aromatic rings. The lowest BCUT2D eigenvalue weighted by molar-refractivity contribution is 0.112. The van der Waals surface area contributed by atoms with Gasteiger partial charge in [-0.3, -0.25) is 4.79 Å². The van der Waals surface area contributed by atoms with E-state index in [4.69, 9.17) is 5.11 Å². The van der Waals surface area contributed by atoms with Gasteiger partial charge in [0.05, 0.1) is 11.3 Å². The zero-order valence-corrected chi connectivity index (χ0v) is 7.97. The molecule has 0 unspecified atom stereocenters. The van der Waals surface area contributed by atoms with Gasteiger partial charge in [0.1, 0.15) is 12.1 Å². The Morgan fingerprint density at radius 3 is 2.86 bits per heavy atom. The van der Waals surface area contributed by atoms with Gasteiger partial charge in [0, 0.05) is 10.4 Å². The number of aliphatic hydroxyl groups excluding tert-OH is 1.